The summed E-state index contributed by atoms with van der Waals surface area (Å²) >= 11 is 0. The first-order chi connectivity index (χ1) is 25.9. The molecule has 0 radical (unpaired) electrons. The molecule has 0 aromatic heterocycles. The number of Topliss-reactive ketones (excluding diaryl/α,β-unsaturated/α-hetero) is 2. The number of esters is 1. The fourth-order valence-electron chi connectivity index (χ4n) is 9.16. The van der Waals surface area contributed by atoms with E-state index in [1.165, 1.54) is 19.1 Å². The number of cyclic esters (lactones) is 1. The van der Waals surface area contributed by atoms with Crippen LogP contribution in [0.2, 0.25) is 0 Å². The molecule has 1 amide bonds. The van der Waals surface area contributed by atoms with Crippen molar-refractivity contribution >= 4 is 23.4 Å². The molecule has 3 aliphatic heterocycles. The molecule has 1 saturated carbocycles. The fourth-order valence-corrected chi connectivity index (χ4v) is 9.16. The van der Waals surface area contributed by atoms with E-state index in [1.807, 2.05) is 32.9 Å². The summed E-state index contributed by atoms with van der Waals surface area (Å²) in [6.45, 7) is 11.1. The van der Waals surface area contributed by atoms with Gasteiger partial charge in [0.2, 0.25) is 5.79 Å². The third-order valence-corrected chi connectivity index (χ3v) is 12.6. The van der Waals surface area contributed by atoms with Gasteiger partial charge in [-0.25, -0.2) is 4.79 Å². The van der Waals surface area contributed by atoms with Crippen LogP contribution in [0.25, 0.3) is 0 Å². The Labute approximate surface area is 327 Å². The molecule has 3 N–H and O–H groups in total. The number of ketones is 2. The van der Waals surface area contributed by atoms with E-state index in [1.54, 1.807) is 27.9 Å². The molecule has 0 aromatic rings. The van der Waals surface area contributed by atoms with Crippen LogP contribution in [0.4, 0.5) is 0 Å². The monoisotopic (exact) mass is 777 g/mol. The maximum absolute atomic E-state index is 14.2. The predicted molar refractivity (Wildman–Crippen MR) is 203 cm³/mol. The molecule has 13 nitrogen and oxygen atoms in total. The lowest BCUT2D eigenvalue weighted by Gasteiger charge is -2.47. The number of fused-ring (bicyclic) bond motifs is 3. The number of aliphatic hydroxyl groups excluding tert-OH is 2. The number of rotatable bonds is 5. The number of piperidine rings is 1. The summed E-state index contributed by atoms with van der Waals surface area (Å²) in [6.07, 6.45) is 3.09. The molecule has 0 spiro atoms. The van der Waals surface area contributed by atoms with Crippen molar-refractivity contribution in [2.24, 2.45) is 29.6 Å². The van der Waals surface area contributed by atoms with Crippen molar-refractivity contribution in [2.45, 2.75) is 160 Å². The Kier molecular flexibility index (Phi) is 16.2. The normalized spacial score (nSPS) is 42.1. The van der Waals surface area contributed by atoms with Crippen LogP contribution in [-0.2, 0) is 42.9 Å². The van der Waals surface area contributed by atoms with E-state index < -0.39 is 83.9 Å². The van der Waals surface area contributed by atoms with Gasteiger partial charge >= 0.3 is 5.97 Å². The molecule has 13 heteroatoms. The van der Waals surface area contributed by atoms with Crippen LogP contribution in [0, 0.1) is 29.6 Å². The highest BCUT2D eigenvalue weighted by molar-refractivity contribution is 6.39. The third-order valence-electron chi connectivity index (χ3n) is 12.6. The number of amides is 1. The van der Waals surface area contributed by atoms with Crippen LogP contribution in [-0.4, -0.2) is 126 Å². The first-order valence-corrected chi connectivity index (χ1v) is 20.2. The minimum atomic E-state index is -2.50. The highest BCUT2D eigenvalue weighted by Gasteiger charge is 2.56. The van der Waals surface area contributed by atoms with Crippen molar-refractivity contribution in [3.05, 3.63) is 23.3 Å². The van der Waals surface area contributed by atoms with E-state index in [4.69, 9.17) is 23.7 Å². The van der Waals surface area contributed by atoms with Crippen LogP contribution >= 0.6 is 0 Å². The number of hydrogen-bond donors (Lipinski definition) is 3. The van der Waals surface area contributed by atoms with E-state index >= 15 is 0 Å². The Bertz CT molecular complexity index is 1410. The zero-order chi connectivity index (χ0) is 40.8. The average Bonchev–Trinajstić information content (AvgIpc) is 3.15. The van der Waals surface area contributed by atoms with Crippen LogP contribution in [0.15, 0.2) is 23.3 Å². The number of carbonyl (C=O) groups is 4. The van der Waals surface area contributed by atoms with Crippen LogP contribution in [0.5, 0.6) is 0 Å². The first-order valence-electron chi connectivity index (χ1n) is 20.2. The maximum Gasteiger partial charge on any atom is 0.329 e. The molecule has 14 atom stereocenters. The molecule has 3 fully saturated rings. The molecule has 2 bridgehead atoms. The summed E-state index contributed by atoms with van der Waals surface area (Å²) in [5.41, 5.74) is 1.64. The van der Waals surface area contributed by atoms with Crippen molar-refractivity contribution in [1.29, 1.82) is 0 Å². The quantitative estimate of drug-likeness (QED) is 0.207. The van der Waals surface area contributed by atoms with E-state index in [-0.39, 0.29) is 49.5 Å². The molecular formula is C42H67NO12. The number of nitrogens with zero attached hydrogens (tertiary/aromatic N) is 1. The van der Waals surface area contributed by atoms with Gasteiger partial charge in [0.05, 0.1) is 30.5 Å². The summed E-state index contributed by atoms with van der Waals surface area (Å²) in [5, 5.41) is 33.9. The highest BCUT2D eigenvalue weighted by Crippen LogP contribution is 2.39. The minimum Gasteiger partial charge on any atom is -0.456 e. The number of hydrogen-bond acceptors (Lipinski definition) is 12. The first kappa shape index (κ1) is 45.2. The van der Waals surface area contributed by atoms with Crippen molar-refractivity contribution in [3.8, 4) is 0 Å². The largest absolute Gasteiger partial charge is 0.456 e. The van der Waals surface area contributed by atoms with Gasteiger partial charge in [-0.15, -0.1) is 0 Å². The smallest absolute Gasteiger partial charge is 0.329 e. The number of carbonyl (C=O) groups excluding carboxylic acids is 4. The van der Waals surface area contributed by atoms with E-state index in [9.17, 15) is 34.5 Å². The summed E-state index contributed by atoms with van der Waals surface area (Å²) in [6, 6.07) is -1.13. The van der Waals surface area contributed by atoms with E-state index in [0.717, 1.165) is 5.57 Å². The fraction of sp³-hybridized carbons (Fsp3) is 0.810. The SMILES string of the molecule is CO[C@H]1C[C@@H](C)C/C(C)=C\[C@H](C)C(=O)C[C@@H](O)[C@H](C)[C@H](/C(C)=C/[C@@H]2CC[C@@H](O)[C@H](OC)C2)OC(=O)C2CCCCN2C(=O)C(=O)[C@]2(O)OC1[C@@H](OC)C[C@H]2C. The van der Waals surface area contributed by atoms with Crippen LogP contribution in [0.3, 0.4) is 0 Å². The number of methoxy groups -OCH3 is 3. The molecule has 2 saturated heterocycles. The van der Waals surface area contributed by atoms with Crippen molar-refractivity contribution in [1.82, 2.24) is 4.90 Å². The second-order valence-corrected chi connectivity index (χ2v) is 16.9. The Balaban J connectivity index is 1.75. The van der Waals surface area contributed by atoms with Crippen LogP contribution in [0.1, 0.15) is 106 Å². The van der Waals surface area contributed by atoms with Gasteiger partial charge < -0.3 is 43.9 Å². The standard InChI is InChI=1S/C42H67NO12/c1-23-16-24(2)18-35(52-8)38-36(53-9)20-27(5)42(50,55-38)39(47)40(48)43-15-11-10-12-30(43)41(49)54-37(28(6)33(46)22-32(45)25(3)17-23)26(4)19-29-13-14-31(44)34(21-29)51-7/h17,19,24-25,27-31,33-38,44,46,50H,10-16,18,20-22H2,1-9H3/b23-17-,26-19+/t24-,25-,27+,28-,29-,30?,31+,33+,34+,35-,36-,37-,38?,42+/m0/s1. The zero-order valence-electron chi connectivity index (χ0n) is 34.4. The van der Waals surface area contributed by atoms with Crippen molar-refractivity contribution in [2.75, 3.05) is 27.9 Å². The lowest BCUT2D eigenvalue weighted by atomic mass is 9.82. The number of allylic oxidation sites excluding steroid dienone is 3. The van der Waals surface area contributed by atoms with Crippen molar-refractivity contribution < 1.29 is 58.2 Å². The lowest BCUT2D eigenvalue weighted by Crippen LogP contribution is -2.64. The molecule has 312 valence electrons. The van der Waals surface area contributed by atoms with Gasteiger partial charge in [0.15, 0.2) is 0 Å². The Hall–Kier alpha value is -2.52. The molecule has 0 aromatic carbocycles. The summed E-state index contributed by atoms with van der Waals surface area (Å²) in [5.74, 6) is -7.59. The topological polar surface area (TPSA) is 178 Å². The Morgan fingerprint density at radius 1 is 0.873 bits per heavy atom. The maximum atomic E-state index is 14.2. The zero-order valence-corrected chi connectivity index (χ0v) is 34.4. The van der Waals surface area contributed by atoms with E-state index in [0.29, 0.717) is 50.5 Å². The number of ether oxygens (including phenoxy) is 5. The molecule has 1 aliphatic carbocycles. The number of aliphatic hydroxyl groups is 3. The Morgan fingerprint density at radius 2 is 1.53 bits per heavy atom. The van der Waals surface area contributed by atoms with Gasteiger partial charge in [-0.05, 0) is 89.0 Å². The molecule has 4 aliphatic rings. The van der Waals surface area contributed by atoms with Gasteiger partial charge in [0.25, 0.3) is 11.7 Å². The van der Waals surface area contributed by atoms with Crippen LogP contribution < -0.4 is 0 Å². The van der Waals surface area contributed by atoms with Gasteiger partial charge in [0.1, 0.15) is 24.0 Å². The second kappa shape index (κ2) is 19.8. The van der Waals surface area contributed by atoms with Gasteiger partial charge in [-0.3, -0.25) is 14.4 Å². The molecule has 3 heterocycles. The predicted octanol–water partition coefficient (Wildman–Crippen LogP) is 4.08. The highest BCUT2D eigenvalue weighted by atomic mass is 16.7. The van der Waals surface area contributed by atoms with E-state index in [2.05, 4.69) is 0 Å². The summed E-state index contributed by atoms with van der Waals surface area (Å²) in [4.78, 5) is 57.3. The average molecular weight is 778 g/mol. The molecule has 2 unspecified atom stereocenters. The van der Waals surface area contributed by atoms with Crippen molar-refractivity contribution in [3.63, 3.8) is 0 Å². The summed E-state index contributed by atoms with van der Waals surface area (Å²) < 4.78 is 29.6. The third kappa shape index (κ3) is 10.7. The molecule has 55 heavy (non-hydrogen) atoms. The van der Waals surface area contributed by atoms with Gasteiger partial charge in [0, 0.05) is 52.0 Å². The molecular weight excluding hydrogens is 710 g/mol. The lowest BCUT2D eigenvalue weighted by molar-refractivity contribution is -0.302. The second-order valence-electron chi connectivity index (χ2n) is 16.9. The van der Waals surface area contributed by atoms with Gasteiger partial charge in [-0.1, -0.05) is 45.4 Å². The van der Waals surface area contributed by atoms with Gasteiger partial charge in [-0.2, -0.15) is 0 Å². The minimum absolute atomic E-state index is 0.00142. The molecule has 4 rings (SSSR count). The Morgan fingerprint density at radius 3 is 2.18 bits per heavy atom. The summed E-state index contributed by atoms with van der Waals surface area (Å²) in [7, 11) is 4.62.